The number of fused-ring (bicyclic) bond motifs is 3. The van der Waals surface area contributed by atoms with Gasteiger partial charge in [-0.2, -0.15) is 0 Å². The second kappa shape index (κ2) is 13.4. The highest BCUT2D eigenvalue weighted by Crippen LogP contribution is 2.68. The normalized spacial score (nSPS) is 20.9. The number of nitrogens with one attached hydrogen (secondary N) is 1. The molecule has 0 bridgehead atoms. The van der Waals surface area contributed by atoms with Crippen LogP contribution in [0, 0.1) is 5.41 Å². The summed E-state index contributed by atoms with van der Waals surface area (Å²) in [6.07, 6.45) is 13.4. The van der Waals surface area contributed by atoms with E-state index in [9.17, 15) is 20.1 Å². The molecule has 0 radical (unpaired) electrons. The predicted molar refractivity (Wildman–Crippen MR) is 179 cm³/mol. The number of hydrogen-bond acceptors (Lipinski definition) is 5. The first-order valence-electron chi connectivity index (χ1n) is 16.3. The van der Waals surface area contributed by atoms with Crippen molar-refractivity contribution in [1.29, 1.82) is 0 Å². The Morgan fingerprint density at radius 3 is 1.38 bits per heavy atom. The topological polar surface area (TPSA) is 110 Å². The van der Waals surface area contributed by atoms with Gasteiger partial charge in [0.1, 0.15) is 17.3 Å². The number of benzene rings is 3. The van der Waals surface area contributed by atoms with Crippen molar-refractivity contribution in [3.8, 4) is 0 Å². The fourth-order valence-electron chi connectivity index (χ4n) is 8.31. The molecule has 5 N–H and O–H groups in total. The largest absolute Gasteiger partial charge is 0.512 e. The van der Waals surface area contributed by atoms with Crippen molar-refractivity contribution in [3.05, 3.63) is 123 Å². The Morgan fingerprint density at radius 1 is 0.578 bits per heavy atom. The molecule has 3 aliphatic carbocycles. The van der Waals surface area contributed by atoms with E-state index < -0.39 is 29.1 Å². The highest BCUT2D eigenvalue weighted by atomic mass is 16.4. The number of aliphatic hydroxyl groups is 3. The van der Waals surface area contributed by atoms with Crippen molar-refractivity contribution >= 4 is 24.2 Å². The van der Waals surface area contributed by atoms with Crippen LogP contribution in [0.15, 0.2) is 90.1 Å². The van der Waals surface area contributed by atoms with Gasteiger partial charge in [-0.1, -0.05) is 111 Å². The second-order valence-electron chi connectivity index (χ2n) is 12.8. The molecule has 0 saturated carbocycles. The molecular formula is C39H43NO5. The maximum Gasteiger partial charge on any atom is 0.317 e. The molecule has 3 aromatic carbocycles. The van der Waals surface area contributed by atoms with Gasteiger partial charge in [0.2, 0.25) is 0 Å². The smallest absolute Gasteiger partial charge is 0.317 e. The molecule has 6 heteroatoms. The van der Waals surface area contributed by atoms with Crippen LogP contribution in [0.3, 0.4) is 0 Å². The number of aliphatic carboxylic acids is 1. The summed E-state index contributed by atoms with van der Waals surface area (Å²) < 4.78 is 0. The van der Waals surface area contributed by atoms with Crippen LogP contribution < -0.4 is 5.32 Å². The molecule has 3 aromatic rings. The number of hydrogen-bond donors (Lipinski definition) is 5. The van der Waals surface area contributed by atoms with Crippen LogP contribution in [0.2, 0.25) is 0 Å². The maximum absolute atomic E-state index is 11.8. The molecule has 0 aliphatic heterocycles. The number of rotatable bonds is 15. The van der Waals surface area contributed by atoms with Gasteiger partial charge in [-0.25, -0.2) is 0 Å². The number of unbranched alkanes of at least 4 members (excludes halogenated alkanes) is 6. The van der Waals surface area contributed by atoms with E-state index in [0.29, 0.717) is 13.0 Å². The van der Waals surface area contributed by atoms with Gasteiger partial charge in [-0.3, -0.25) is 4.79 Å². The Labute approximate surface area is 265 Å². The molecule has 45 heavy (non-hydrogen) atoms. The molecule has 6 nitrogen and oxygen atoms in total. The van der Waals surface area contributed by atoms with E-state index in [1.165, 1.54) is 0 Å². The third kappa shape index (κ3) is 5.91. The van der Waals surface area contributed by atoms with E-state index in [4.69, 9.17) is 5.11 Å². The first-order chi connectivity index (χ1) is 21.9. The van der Waals surface area contributed by atoms with E-state index in [-0.39, 0.29) is 23.8 Å². The zero-order valence-electron chi connectivity index (χ0n) is 25.7. The lowest BCUT2D eigenvalue weighted by molar-refractivity contribution is -0.135. The lowest BCUT2D eigenvalue weighted by atomic mass is 9.53. The second-order valence-corrected chi connectivity index (χ2v) is 12.8. The van der Waals surface area contributed by atoms with Gasteiger partial charge in [0, 0.05) is 23.2 Å². The van der Waals surface area contributed by atoms with Crippen molar-refractivity contribution in [1.82, 2.24) is 5.32 Å². The van der Waals surface area contributed by atoms with Crippen LogP contribution in [-0.2, 0) is 4.79 Å². The van der Waals surface area contributed by atoms with Gasteiger partial charge in [-0.05, 0) is 71.0 Å². The predicted octanol–water partition coefficient (Wildman–Crippen LogP) is 8.86. The summed E-state index contributed by atoms with van der Waals surface area (Å²) in [4.78, 5) is 10.7. The summed E-state index contributed by atoms with van der Waals surface area (Å²) in [7, 11) is 0. The Morgan fingerprint density at radius 2 is 0.956 bits per heavy atom. The molecule has 3 unspecified atom stereocenters. The highest BCUT2D eigenvalue weighted by molar-refractivity contribution is 5.72. The molecule has 0 amide bonds. The number of carboxylic acid groups (broad SMARTS) is 1. The van der Waals surface area contributed by atoms with Crippen molar-refractivity contribution in [2.75, 3.05) is 13.1 Å². The molecule has 3 atom stereocenters. The van der Waals surface area contributed by atoms with E-state index in [0.717, 1.165) is 78.3 Å². The first-order valence-corrected chi connectivity index (χ1v) is 16.3. The molecule has 3 aliphatic rings. The molecular weight excluding hydrogens is 562 g/mol. The summed E-state index contributed by atoms with van der Waals surface area (Å²) in [5, 5.41) is 47.3. The summed E-state index contributed by atoms with van der Waals surface area (Å²) >= 11 is 0. The molecule has 6 rings (SSSR count). The van der Waals surface area contributed by atoms with Crippen molar-refractivity contribution < 1.29 is 25.2 Å². The van der Waals surface area contributed by atoms with Crippen LogP contribution in [0.25, 0.3) is 18.2 Å². The first kappa shape index (κ1) is 30.7. The minimum Gasteiger partial charge on any atom is -0.512 e. The minimum atomic E-state index is -0.828. The van der Waals surface area contributed by atoms with Gasteiger partial charge in [0.15, 0.2) is 0 Å². The lowest BCUT2D eigenvalue weighted by Crippen LogP contribution is -2.42. The Hall–Kier alpha value is -4.29. The Balaban J connectivity index is 1.33. The average molecular weight is 606 g/mol. The van der Waals surface area contributed by atoms with Gasteiger partial charge < -0.3 is 25.7 Å². The van der Waals surface area contributed by atoms with Crippen LogP contribution in [0.5, 0.6) is 0 Å². The van der Waals surface area contributed by atoms with Gasteiger partial charge >= 0.3 is 5.97 Å². The molecule has 0 fully saturated rings. The number of aliphatic hydroxyl groups excluding tert-OH is 3. The molecule has 0 aromatic heterocycles. The van der Waals surface area contributed by atoms with Gasteiger partial charge in [0.25, 0.3) is 0 Å². The molecule has 234 valence electrons. The molecule has 0 saturated heterocycles. The van der Waals surface area contributed by atoms with Crippen molar-refractivity contribution in [3.63, 3.8) is 0 Å². The van der Waals surface area contributed by atoms with Crippen molar-refractivity contribution in [2.24, 2.45) is 5.41 Å². The summed E-state index contributed by atoms with van der Waals surface area (Å²) in [5.74, 6) is -1.27. The third-order valence-corrected chi connectivity index (χ3v) is 10.1. The van der Waals surface area contributed by atoms with E-state index >= 15 is 0 Å². The van der Waals surface area contributed by atoms with Crippen molar-refractivity contribution in [2.45, 2.75) is 69.1 Å². The summed E-state index contributed by atoms with van der Waals surface area (Å²) in [5.41, 5.74) is 5.23. The molecule has 0 spiro atoms. The fraction of sp³-hybridized carbons (Fsp3) is 0.359. The van der Waals surface area contributed by atoms with Crippen LogP contribution in [-0.4, -0.2) is 39.5 Å². The van der Waals surface area contributed by atoms with E-state index in [1.54, 1.807) is 0 Å². The van der Waals surface area contributed by atoms with Crippen LogP contribution >= 0.6 is 0 Å². The SMILES string of the molecule is O=C(O)CNCCCCCCCCCC(C1C(O)=Cc2ccccc21)(C1C(O)=Cc2ccccc21)C1C(O)=Cc2ccccc21. The number of carboxylic acids is 1. The minimum absolute atomic E-state index is 0.00435. The summed E-state index contributed by atoms with van der Waals surface area (Å²) in [6.45, 7) is 0.721. The molecule has 0 heterocycles. The highest BCUT2D eigenvalue weighted by Gasteiger charge is 2.59. The fourth-order valence-corrected chi connectivity index (χ4v) is 8.31. The quantitative estimate of drug-likeness (QED) is 0.111. The number of allylic oxidation sites excluding steroid dienone is 3. The van der Waals surface area contributed by atoms with Crippen LogP contribution in [0.4, 0.5) is 0 Å². The zero-order valence-corrected chi connectivity index (χ0v) is 25.7. The van der Waals surface area contributed by atoms with E-state index in [1.807, 2.05) is 72.8 Å². The lowest BCUT2D eigenvalue weighted by Gasteiger charge is -2.49. The Bertz CT molecular complexity index is 1470. The summed E-state index contributed by atoms with van der Waals surface area (Å²) in [6, 6.07) is 24.3. The van der Waals surface area contributed by atoms with Gasteiger partial charge in [-0.15, -0.1) is 0 Å². The zero-order chi connectivity index (χ0) is 31.4. The van der Waals surface area contributed by atoms with Crippen LogP contribution in [0.1, 0.15) is 103 Å². The van der Waals surface area contributed by atoms with E-state index in [2.05, 4.69) is 23.5 Å². The Kier molecular flexibility index (Phi) is 9.13. The number of carbonyl (C=O) groups is 1. The standard InChI is InChI=1S/C39H43NO5/c41-32-22-26-14-6-9-17-29(26)36(32)39(37-30-18-10-7-15-27(30)23-33(37)42,38-31-19-11-8-16-28(31)24-34(38)43)20-12-4-2-1-3-5-13-21-40-25-35(44)45/h6-11,14-19,22-24,36-38,40-43H,1-5,12-13,20-21,25H2,(H,44,45). The maximum atomic E-state index is 11.8. The van der Waals surface area contributed by atoms with Gasteiger partial charge in [0.05, 0.1) is 6.54 Å². The monoisotopic (exact) mass is 605 g/mol. The third-order valence-electron chi connectivity index (χ3n) is 10.1. The average Bonchev–Trinajstić information content (AvgIpc) is 3.67.